The average Bonchev–Trinajstić information content (AvgIpc) is 2.64. The van der Waals surface area contributed by atoms with Crippen LogP contribution in [0.1, 0.15) is 27.0 Å². The number of hydrogen-bond donors (Lipinski definition) is 2. The molecule has 2 aromatic rings. The summed E-state index contributed by atoms with van der Waals surface area (Å²) in [4.78, 5) is 15.7. The Kier molecular flexibility index (Phi) is 2.21. The number of rotatable bonds is 1. The Morgan fingerprint density at radius 1 is 1.33 bits per heavy atom. The molecule has 0 saturated heterocycles. The molecule has 1 aromatic heterocycles. The molecule has 0 bridgehead atoms. The summed E-state index contributed by atoms with van der Waals surface area (Å²) < 4.78 is 0. The highest BCUT2D eigenvalue weighted by Crippen LogP contribution is 2.34. The molecular weight excluding hydrogens is 228 g/mol. The monoisotopic (exact) mass is 240 g/mol. The zero-order valence-corrected chi connectivity index (χ0v) is 9.84. The molecule has 1 aromatic carbocycles. The predicted octanol–water partition coefficient (Wildman–Crippen LogP) is 1.33. The molecule has 0 saturated carbocycles. The van der Waals surface area contributed by atoms with Crippen molar-refractivity contribution in [3.63, 3.8) is 0 Å². The van der Waals surface area contributed by atoms with Gasteiger partial charge < -0.3 is 10.4 Å². The van der Waals surface area contributed by atoms with Crippen LogP contribution in [0.5, 0.6) is 0 Å². The lowest BCUT2D eigenvalue weighted by atomic mass is 9.94. The Morgan fingerprint density at radius 3 is 2.94 bits per heavy atom. The lowest BCUT2D eigenvalue weighted by Gasteiger charge is -2.24. The minimum Gasteiger partial charge on any atom is -0.363 e. The van der Waals surface area contributed by atoms with E-state index in [1.165, 1.54) is 6.20 Å². The van der Waals surface area contributed by atoms with Crippen molar-refractivity contribution in [3.05, 3.63) is 65.0 Å². The van der Waals surface area contributed by atoms with Gasteiger partial charge in [0.1, 0.15) is 0 Å². The van der Waals surface area contributed by atoms with Gasteiger partial charge in [0.2, 0.25) is 0 Å². The number of benzene rings is 1. The SMILES string of the molecule is Cc1cccc(C2(O)NC(=O)c3cnccc32)c1. The quantitative estimate of drug-likeness (QED) is 0.790. The maximum absolute atomic E-state index is 11.8. The first kappa shape index (κ1) is 10.9. The molecule has 1 aliphatic rings. The van der Waals surface area contributed by atoms with Gasteiger partial charge in [-0.05, 0) is 13.0 Å². The highest BCUT2D eigenvalue weighted by atomic mass is 16.3. The first-order valence-electron chi connectivity index (χ1n) is 5.68. The predicted molar refractivity (Wildman–Crippen MR) is 65.9 cm³/mol. The maximum atomic E-state index is 11.8. The highest BCUT2D eigenvalue weighted by molar-refractivity contribution is 6.00. The van der Waals surface area contributed by atoms with Gasteiger partial charge >= 0.3 is 0 Å². The van der Waals surface area contributed by atoms with E-state index in [0.29, 0.717) is 16.7 Å². The van der Waals surface area contributed by atoms with Gasteiger partial charge in [-0.1, -0.05) is 29.8 Å². The van der Waals surface area contributed by atoms with Crippen molar-refractivity contribution in [2.75, 3.05) is 0 Å². The van der Waals surface area contributed by atoms with Crippen molar-refractivity contribution in [3.8, 4) is 0 Å². The molecule has 0 aliphatic carbocycles. The number of carbonyl (C=O) groups excluding carboxylic acids is 1. The molecule has 2 N–H and O–H groups in total. The smallest absolute Gasteiger partial charge is 0.256 e. The summed E-state index contributed by atoms with van der Waals surface area (Å²) in [5, 5.41) is 13.4. The number of nitrogens with one attached hydrogen (secondary N) is 1. The Hall–Kier alpha value is -2.20. The number of aromatic nitrogens is 1. The van der Waals surface area contributed by atoms with Gasteiger partial charge in [-0.15, -0.1) is 0 Å². The second kappa shape index (κ2) is 3.65. The third-order valence-corrected chi connectivity index (χ3v) is 3.19. The molecule has 0 radical (unpaired) electrons. The van der Waals surface area contributed by atoms with E-state index in [4.69, 9.17) is 0 Å². The summed E-state index contributed by atoms with van der Waals surface area (Å²) in [5.41, 5.74) is 1.19. The standard InChI is InChI=1S/C14H12N2O2/c1-9-3-2-4-10(7-9)14(18)12-5-6-15-8-11(12)13(17)16-14/h2-8,18H,1H3,(H,16,17). The molecule has 4 heteroatoms. The van der Waals surface area contributed by atoms with E-state index < -0.39 is 5.72 Å². The van der Waals surface area contributed by atoms with Crippen molar-refractivity contribution in [1.82, 2.24) is 10.3 Å². The Bertz CT molecular complexity index is 639. The third kappa shape index (κ3) is 1.43. The molecule has 0 fully saturated rings. The van der Waals surface area contributed by atoms with Gasteiger partial charge in [-0.25, -0.2) is 0 Å². The number of carbonyl (C=O) groups is 1. The third-order valence-electron chi connectivity index (χ3n) is 3.19. The van der Waals surface area contributed by atoms with Crippen LogP contribution in [0.15, 0.2) is 42.7 Å². The van der Waals surface area contributed by atoms with Crippen molar-refractivity contribution < 1.29 is 9.90 Å². The van der Waals surface area contributed by atoms with Gasteiger partial charge in [0, 0.05) is 23.5 Å². The molecule has 90 valence electrons. The first-order chi connectivity index (χ1) is 8.61. The molecule has 2 heterocycles. The molecular formula is C14H12N2O2. The minimum atomic E-state index is -1.46. The van der Waals surface area contributed by atoms with E-state index in [1.54, 1.807) is 18.3 Å². The van der Waals surface area contributed by atoms with Crippen LogP contribution in [0.2, 0.25) is 0 Å². The van der Waals surface area contributed by atoms with Crippen LogP contribution >= 0.6 is 0 Å². The highest BCUT2D eigenvalue weighted by Gasteiger charge is 2.42. The second-order valence-corrected chi connectivity index (χ2v) is 4.46. The van der Waals surface area contributed by atoms with Crippen LogP contribution in [0.25, 0.3) is 0 Å². The zero-order valence-electron chi connectivity index (χ0n) is 9.84. The average molecular weight is 240 g/mol. The molecule has 1 amide bonds. The fourth-order valence-electron chi connectivity index (χ4n) is 2.29. The zero-order chi connectivity index (χ0) is 12.8. The van der Waals surface area contributed by atoms with E-state index in [9.17, 15) is 9.90 Å². The number of aryl methyl sites for hydroxylation is 1. The summed E-state index contributed by atoms with van der Waals surface area (Å²) in [5.74, 6) is -0.304. The van der Waals surface area contributed by atoms with Crippen LogP contribution in [0, 0.1) is 6.92 Å². The van der Waals surface area contributed by atoms with E-state index in [1.807, 2.05) is 25.1 Å². The molecule has 4 nitrogen and oxygen atoms in total. The molecule has 0 spiro atoms. The van der Waals surface area contributed by atoms with E-state index in [0.717, 1.165) is 5.56 Å². The van der Waals surface area contributed by atoms with Crippen LogP contribution in [0.4, 0.5) is 0 Å². The first-order valence-corrected chi connectivity index (χ1v) is 5.68. The van der Waals surface area contributed by atoms with Crippen LogP contribution in [0.3, 0.4) is 0 Å². The van der Waals surface area contributed by atoms with Crippen molar-refractivity contribution in [2.45, 2.75) is 12.6 Å². The summed E-state index contributed by atoms with van der Waals surface area (Å²) in [6, 6.07) is 9.11. The largest absolute Gasteiger partial charge is 0.363 e. The lowest BCUT2D eigenvalue weighted by Crippen LogP contribution is -2.40. The van der Waals surface area contributed by atoms with Gasteiger partial charge in [0.05, 0.1) is 5.56 Å². The van der Waals surface area contributed by atoms with Crippen molar-refractivity contribution in [2.24, 2.45) is 0 Å². The Balaban J connectivity index is 2.21. The fraction of sp³-hybridized carbons (Fsp3) is 0.143. The van der Waals surface area contributed by atoms with E-state index in [2.05, 4.69) is 10.3 Å². The number of amides is 1. The van der Waals surface area contributed by atoms with Gasteiger partial charge in [0.15, 0.2) is 5.72 Å². The van der Waals surface area contributed by atoms with Crippen LogP contribution in [-0.4, -0.2) is 16.0 Å². The van der Waals surface area contributed by atoms with Gasteiger partial charge in [-0.2, -0.15) is 0 Å². The van der Waals surface area contributed by atoms with Crippen molar-refractivity contribution in [1.29, 1.82) is 0 Å². The topological polar surface area (TPSA) is 62.2 Å². The van der Waals surface area contributed by atoms with Crippen molar-refractivity contribution >= 4 is 5.91 Å². The van der Waals surface area contributed by atoms with Gasteiger partial charge in [-0.3, -0.25) is 9.78 Å². The maximum Gasteiger partial charge on any atom is 0.256 e. The molecule has 1 atom stereocenters. The van der Waals surface area contributed by atoms with E-state index in [-0.39, 0.29) is 5.91 Å². The Morgan fingerprint density at radius 2 is 2.17 bits per heavy atom. The summed E-state index contributed by atoms with van der Waals surface area (Å²) in [6.07, 6.45) is 3.04. The summed E-state index contributed by atoms with van der Waals surface area (Å²) in [6.45, 7) is 1.94. The molecule has 3 rings (SSSR count). The van der Waals surface area contributed by atoms with Gasteiger partial charge in [0.25, 0.3) is 5.91 Å². The number of hydrogen-bond acceptors (Lipinski definition) is 3. The number of pyridine rings is 1. The summed E-state index contributed by atoms with van der Waals surface area (Å²) in [7, 11) is 0. The Labute approximate surface area is 104 Å². The minimum absolute atomic E-state index is 0.304. The van der Waals surface area contributed by atoms with Crippen LogP contribution < -0.4 is 5.32 Å². The van der Waals surface area contributed by atoms with E-state index >= 15 is 0 Å². The van der Waals surface area contributed by atoms with Crippen LogP contribution in [-0.2, 0) is 5.72 Å². The number of fused-ring (bicyclic) bond motifs is 1. The molecule has 1 unspecified atom stereocenters. The lowest BCUT2D eigenvalue weighted by molar-refractivity contribution is 0.0475. The summed E-state index contributed by atoms with van der Waals surface area (Å²) >= 11 is 0. The number of aliphatic hydroxyl groups is 1. The second-order valence-electron chi connectivity index (χ2n) is 4.46. The fourth-order valence-corrected chi connectivity index (χ4v) is 2.29. The molecule has 1 aliphatic heterocycles. The number of nitrogens with zero attached hydrogens (tertiary/aromatic N) is 1. The molecule has 18 heavy (non-hydrogen) atoms. The normalized spacial score (nSPS) is 21.6.